The molecule has 0 aromatic carbocycles. The van der Waals surface area contributed by atoms with Crippen LogP contribution in [0.3, 0.4) is 0 Å². The summed E-state index contributed by atoms with van der Waals surface area (Å²) in [6, 6.07) is 1.75. The molecule has 0 unspecified atom stereocenters. The monoisotopic (exact) mass is 1550 g/mol. The van der Waals surface area contributed by atoms with Gasteiger partial charge in [-0.05, 0) is 6.92 Å². The maximum atomic E-state index is 9.09. The van der Waals surface area contributed by atoms with E-state index in [4.69, 9.17) is 133 Å². The third kappa shape index (κ3) is 94.4. The van der Waals surface area contributed by atoms with Crippen molar-refractivity contribution in [3.8, 4) is 6.07 Å². The Morgan fingerprint density at radius 2 is 0.958 bits per heavy atom. The number of alkyl halides is 4. The largest absolute Gasteiger partial charge is 1.00 e. The van der Waals surface area contributed by atoms with E-state index in [0.29, 0.717) is 182 Å². The standard InChI is InChI=1S/C18H30N4O4.C12H18N4O2.2C6H12Cl2O2.C6H14O4.C3H4N2.C2H3N.C2H6O.C2H5O.Cl2OS.2ClH.Na/c1-2-20-6-10-24-15-16-26-12-8-22-4-3-21(18-22)7-11-25-14-13-23-9-5-19(1)17-20;1-3-15(11-13-1)5-7-17-9-10-18-8-6-16-4-2-14-12-16;3*7-1-3-9-5-6-10-4-2-8;1-2-5-3-4-1;3*1-2-3;1-4(2)3;;;/h1-4,17-18H,5-16H2;1-4,11-12H,5-10H2;2*1-6H2;7-8H,1-6H2;1-3H,(H,4,5);1H3;3H,2H2,1H3;2H2,1H3;;2*1H;/q+2;;;;;;;;-1;;;;+1/p-1. The molecule has 38 heteroatoms. The molecule has 5 aromatic heterocycles. The third-order valence-corrected chi connectivity index (χ3v) is 10.2. The molecular formula is C57H105Cl8N11NaO17S+. The third-order valence-electron chi connectivity index (χ3n) is 9.61. The molecule has 0 saturated heterocycles. The summed E-state index contributed by atoms with van der Waals surface area (Å²) in [6.45, 7) is 24.3. The van der Waals surface area contributed by atoms with Gasteiger partial charge in [-0.1, -0.05) is 6.92 Å². The number of nitrogens with zero attached hydrogens (tertiary/aromatic N) is 9. The van der Waals surface area contributed by atoms with E-state index in [1.54, 1.807) is 51.2 Å². The Bertz CT molecular complexity index is 1910. The second kappa shape index (κ2) is 96.6. The van der Waals surface area contributed by atoms with E-state index < -0.39 is 9.23 Å². The second-order valence-corrected chi connectivity index (χ2v) is 20.8. The predicted octanol–water partition coefficient (Wildman–Crippen LogP) is -5.77. The van der Waals surface area contributed by atoms with Gasteiger partial charge in [-0.25, -0.2) is 37.0 Å². The van der Waals surface area contributed by atoms with E-state index in [-0.39, 0.29) is 80.8 Å². The first-order valence-corrected chi connectivity index (χ1v) is 34.6. The Kier molecular flexibility index (Phi) is 109. The van der Waals surface area contributed by atoms with Gasteiger partial charge in [-0.15, -0.1) is 53.0 Å². The Labute approximate surface area is 628 Å². The summed E-state index contributed by atoms with van der Waals surface area (Å²) in [7, 11) is 7.36. The van der Waals surface area contributed by atoms with Crippen LogP contribution < -0.4 is 73.2 Å². The second-order valence-electron chi connectivity index (χ2n) is 16.8. The van der Waals surface area contributed by atoms with Crippen LogP contribution in [-0.4, -0.2) is 262 Å². The molecule has 28 nitrogen and oxygen atoms in total. The first kappa shape index (κ1) is 107. The van der Waals surface area contributed by atoms with Gasteiger partial charge >= 0.3 is 29.6 Å². The maximum absolute atomic E-state index is 9.09. The number of aliphatic hydroxyl groups is 3. The molecule has 0 spiro atoms. The molecular weight excluding hydrogens is 1450 g/mol. The SMILES string of the molecule is CC#N.CCO.CC[O-].ClCCOCCOCCCl.ClCCOCCOCCCl.O=S(Cl)Cl.OCCOCCOCCO.[Cl-].[Cl-].[Na+].c1c[n+]2cn1CCOCCOCC[n+]1ccn(c1)CCOCCOCC2.c1c[nH]cn1.c1cn(CCOCCOCC[n+]2cc[nH]c2)cn1. The van der Waals surface area contributed by atoms with E-state index in [0.717, 1.165) is 39.3 Å². The van der Waals surface area contributed by atoms with Crippen LogP contribution in [-0.2, 0) is 105 Å². The van der Waals surface area contributed by atoms with Gasteiger partial charge in [0.2, 0.25) is 28.2 Å². The van der Waals surface area contributed by atoms with Crippen LogP contribution in [0.5, 0.6) is 0 Å². The van der Waals surface area contributed by atoms with Gasteiger partial charge in [0.15, 0.2) is 0 Å². The number of halogens is 8. The molecule has 0 radical (unpaired) electrons. The molecule has 4 bridgehead atoms. The van der Waals surface area contributed by atoms with Gasteiger partial charge in [0, 0.05) is 89.7 Å². The minimum atomic E-state index is -1.67. The zero-order valence-corrected chi connectivity index (χ0v) is 64.4. The van der Waals surface area contributed by atoms with Crippen LogP contribution in [0.25, 0.3) is 0 Å². The Morgan fingerprint density at radius 3 is 1.27 bits per heavy atom. The number of nitrogens with one attached hydrogen (secondary N) is 2. The van der Waals surface area contributed by atoms with Gasteiger partial charge in [0.1, 0.15) is 69.9 Å². The minimum Gasteiger partial charge on any atom is -1.00 e. The summed E-state index contributed by atoms with van der Waals surface area (Å²) in [5.74, 6) is 2.15. The fourth-order valence-electron chi connectivity index (χ4n) is 5.80. The van der Waals surface area contributed by atoms with Crippen molar-refractivity contribution in [1.29, 1.82) is 5.26 Å². The van der Waals surface area contributed by atoms with Crippen molar-refractivity contribution in [3.05, 3.63) is 93.6 Å². The molecule has 6 rings (SSSR count). The number of nitriles is 1. The molecule has 552 valence electrons. The molecule has 1 aliphatic rings. The first-order valence-electron chi connectivity index (χ1n) is 29.7. The van der Waals surface area contributed by atoms with Crippen molar-refractivity contribution in [2.45, 2.75) is 60.0 Å². The number of imidazole rings is 5. The zero-order chi connectivity index (χ0) is 68.5. The normalized spacial score (nSPS) is 11.8. The van der Waals surface area contributed by atoms with Crippen LogP contribution in [0, 0.1) is 11.3 Å². The fraction of sp³-hybridized carbons (Fsp3) is 0.719. The van der Waals surface area contributed by atoms with Gasteiger partial charge in [0.05, 0.1) is 191 Å². The van der Waals surface area contributed by atoms with Gasteiger partial charge < -0.3 is 112 Å². The summed E-state index contributed by atoms with van der Waals surface area (Å²) in [5, 5.41) is 40.3. The number of H-pyrrole nitrogens is 2. The molecule has 1 aliphatic heterocycles. The van der Waals surface area contributed by atoms with Crippen molar-refractivity contribution >= 4 is 77.0 Å². The van der Waals surface area contributed by atoms with Crippen molar-refractivity contribution < 1.29 is 150 Å². The van der Waals surface area contributed by atoms with Gasteiger partial charge in [-0.2, -0.15) is 5.26 Å². The average molecular weight is 1560 g/mol. The summed E-state index contributed by atoms with van der Waals surface area (Å²) >= 11 is 21.4. The molecule has 0 amide bonds. The van der Waals surface area contributed by atoms with E-state index in [2.05, 4.69) is 97.0 Å². The summed E-state index contributed by atoms with van der Waals surface area (Å²) in [6.07, 6.45) is 28.7. The summed E-state index contributed by atoms with van der Waals surface area (Å²) in [4.78, 5) is 13.4. The van der Waals surface area contributed by atoms with Crippen LogP contribution in [0.2, 0.25) is 0 Å². The van der Waals surface area contributed by atoms with Gasteiger partial charge in [-0.3, -0.25) is 4.98 Å². The molecule has 0 fully saturated rings. The average Bonchev–Trinajstić information content (AvgIpc) is 2.19. The van der Waals surface area contributed by atoms with Crippen LogP contribution in [0.4, 0.5) is 0 Å². The van der Waals surface area contributed by atoms with E-state index in [9.17, 15) is 0 Å². The quantitative estimate of drug-likeness (QED) is 0.00941. The number of aliphatic hydroxyl groups excluding tert-OH is 3. The van der Waals surface area contributed by atoms with Gasteiger partial charge in [0.25, 0.3) is 0 Å². The zero-order valence-electron chi connectivity index (χ0n) is 55.5. The van der Waals surface area contributed by atoms with Crippen molar-refractivity contribution in [3.63, 3.8) is 0 Å². The first-order chi connectivity index (χ1) is 45.1. The smallest absolute Gasteiger partial charge is 1.00 e. The van der Waals surface area contributed by atoms with Crippen LogP contribution >= 0.6 is 67.8 Å². The number of ether oxygens (including phenoxy) is 12. The predicted molar refractivity (Wildman–Crippen MR) is 352 cm³/mol. The topological polar surface area (TPSA) is 319 Å². The van der Waals surface area contributed by atoms with Crippen molar-refractivity contribution in [2.75, 3.05) is 209 Å². The molecule has 6 heterocycles. The van der Waals surface area contributed by atoms with E-state index in [1.165, 1.54) is 6.92 Å². The van der Waals surface area contributed by atoms with Crippen molar-refractivity contribution in [1.82, 2.24) is 33.6 Å². The number of aromatic amines is 2. The molecule has 95 heavy (non-hydrogen) atoms. The number of fused-ring (bicyclic) bond motifs is 4. The Hall–Kier alpha value is -1.63. The number of aromatic nitrogens is 10. The Morgan fingerprint density at radius 1 is 0.579 bits per heavy atom. The summed E-state index contributed by atoms with van der Waals surface area (Å²) < 4.78 is 84.9. The molecule has 5 aromatic rings. The number of hydrogen-bond acceptors (Lipinski definition) is 20. The minimum absolute atomic E-state index is 0. The van der Waals surface area contributed by atoms with Crippen LogP contribution in [0.15, 0.2) is 93.6 Å². The van der Waals surface area contributed by atoms with E-state index in [1.807, 2.05) is 34.1 Å². The fourth-order valence-corrected chi connectivity index (χ4v) is 6.24. The molecule has 0 atom stereocenters. The molecule has 0 aliphatic carbocycles. The maximum Gasteiger partial charge on any atom is 1.00 e. The Balaban J connectivity index is -0.000000198. The van der Waals surface area contributed by atoms with E-state index >= 15 is 0 Å². The molecule has 0 saturated carbocycles. The van der Waals surface area contributed by atoms with Crippen molar-refractivity contribution in [2.24, 2.45) is 0 Å². The number of hydrogen-bond donors (Lipinski definition) is 5. The summed E-state index contributed by atoms with van der Waals surface area (Å²) in [5.41, 5.74) is 0. The molecule has 5 N–H and O–H groups in total. The van der Waals surface area contributed by atoms with Crippen LogP contribution in [0.1, 0.15) is 20.8 Å². The number of rotatable bonds is 30.